The maximum absolute atomic E-state index is 11.7. The van der Waals surface area contributed by atoms with Gasteiger partial charge in [-0.2, -0.15) is 0 Å². The van der Waals surface area contributed by atoms with Crippen molar-refractivity contribution in [3.05, 3.63) is 40.7 Å². The topological polar surface area (TPSA) is 60.3 Å². The largest absolute Gasteiger partial charge is 0.490 e. The minimum absolute atomic E-state index is 0.0783. The number of rotatable bonds is 4. The van der Waals surface area contributed by atoms with Gasteiger partial charge in [0, 0.05) is 25.4 Å². The minimum atomic E-state index is -0.0890. The van der Waals surface area contributed by atoms with Crippen LogP contribution in [0.4, 0.5) is 0 Å². The number of para-hydroxylation sites is 1. The lowest BCUT2D eigenvalue weighted by Crippen LogP contribution is -2.25. The first-order valence-corrected chi connectivity index (χ1v) is 6.05. The maximum Gasteiger partial charge on any atom is 0.250 e. The van der Waals surface area contributed by atoms with Crippen molar-refractivity contribution in [1.82, 2.24) is 9.88 Å². The van der Waals surface area contributed by atoms with Gasteiger partial charge in [-0.05, 0) is 12.1 Å². The van der Waals surface area contributed by atoms with Crippen molar-refractivity contribution in [2.45, 2.75) is 6.92 Å². The van der Waals surface area contributed by atoms with E-state index in [1.54, 1.807) is 17.7 Å². The highest BCUT2D eigenvalue weighted by atomic mass is 16.5. The third-order valence-corrected chi connectivity index (χ3v) is 2.84. The molecule has 100 valence electrons. The highest BCUT2D eigenvalue weighted by Crippen LogP contribution is 2.23. The number of aromatic nitrogens is 1. The minimum Gasteiger partial charge on any atom is -0.490 e. The molecule has 0 aliphatic carbocycles. The Morgan fingerprint density at radius 1 is 1.32 bits per heavy atom. The van der Waals surface area contributed by atoms with Gasteiger partial charge in [0.25, 0.3) is 5.56 Å². The van der Waals surface area contributed by atoms with Crippen molar-refractivity contribution in [1.29, 1.82) is 0 Å². The molecule has 5 heteroatoms. The number of carbonyl (C=O) groups is 1. The van der Waals surface area contributed by atoms with Gasteiger partial charge in [0.15, 0.2) is 0 Å². The molecule has 1 N–H and O–H groups in total. The molecule has 19 heavy (non-hydrogen) atoms. The molecular weight excluding hydrogens is 244 g/mol. The molecule has 0 fully saturated rings. The average Bonchev–Trinajstić information content (AvgIpc) is 2.39. The number of hydrogen-bond donors (Lipinski definition) is 1. The molecule has 0 radical (unpaired) electrons. The van der Waals surface area contributed by atoms with Gasteiger partial charge in [0.05, 0.1) is 12.1 Å². The highest BCUT2D eigenvalue weighted by molar-refractivity contribution is 5.84. The quantitative estimate of drug-likeness (QED) is 0.836. The van der Waals surface area contributed by atoms with E-state index in [1.165, 1.54) is 13.0 Å². The smallest absolute Gasteiger partial charge is 0.250 e. The van der Waals surface area contributed by atoms with E-state index in [9.17, 15) is 9.59 Å². The van der Waals surface area contributed by atoms with E-state index in [-0.39, 0.29) is 11.5 Å². The number of aryl methyl sites for hydroxylation is 1. The van der Waals surface area contributed by atoms with Gasteiger partial charge in [-0.25, -0.2) is 0 Å². The second-order valence-corrected chi connectivity index (χ2v) is 4.26. The molecule has 2 rings (SSSR count). The van der Waals surface area contributed by atoms with Crippen molar-refractivity contribution >= 4 is 16.8 Å². The molecule has 0 saturated heterocycles. The molecule has 0 atom stereocenters. The Morgan fingerprint density at radius 2 is 2.11 bits per heavy atom. The third kappa shape index (κ3) is 2.93. The summed E-state index contributed by atoms with van der Waals surface area (Å²) in [6.45, 7) is 2.26. The Morgan fingerprint density at radius 3 is 2.84 bits per heavy atom. The summed E-state index contributed by atoms with van der Waals surface area (Å²) in [7, 11) is 1.71. The Hall–Kier alpha value is -2.30. The fourth-order valence-corrected chi connectivity index (χ4v) is 1.92. The summed E-state index contributed by atoms with van der Waals surface area (Å²) >= 11 is 0. The van der Waals surface area contributed by atoms with Crippen LogP contribution in [0, 0.1) is 0 Å². The number of hydrogen-bond acceptors (Lipinski definition) is 3. The molecule has 1 amide bonds. The van der Waals surface area contributed by atoms with Gasteiger partial charge in [0.2, 0.25) is 5.91 Å². The summed E-state index contributed by atoms with van der Waals surface area (Å²) in [6.07, 6.45) is 0. The predicted octanol–water partition coefficient (Wildman–Crippen LogP) is 1.05. The number of carbonyl (C=O) groups excluding carboxylic acids is 1. The van der Waals surface area contributed by atoms with Gasteiger partial charge in [-0.3, -0.25) is 9.59 Å². The van der Waals surface area contributed by atoms with Gasteiger partial charge < -0.3 is 14.6 Å². The lowest BCUT2D eigenvalue weighted by molar-refractivity contribution is -0.119. The average molecular weight is 260 g/mol. The van der Waals surface area contributed by atoms with Gasteiger partial charge >= 0.3 is 0 Å². The van der Waals surface area contributed by atoms with Crippen LogP contribution in [-0.2, 0) is 11.8 Å². The van der Waals surface area contributed by atoms with Crippen LogP contribution in [0.15, 0.2) is 35.1 Å². The van der Waals surface area contributed by atoms with Gasteiger partial charge in [-0.15, -0.1) is 0 Å². The van der Waals surface area contributed by atoms with Crippen LogP contribution in [0.5, 0.6) is 5.75 Å². The Labute approximate surface area is 110 Å². The molecule has 2 aromatic rings. The second kappa shape index (κ2) is 5.56. The SMILES string of the molecule is CC(=O)NCCOc1cccc2ccc(=O)n(C)c12. The Bertz CT molecular complexity index is 661. The van der Waals surface area contributed by atoms with Gasteiger partial charge in [0.1, 0.15) is 12.4 Å². The number of amides is 1. The number of fused-ring (bicyclic) bond motifs is 1. The number of ether oxygens (including phenoxy) is 1. The van der Waals surface area contributed by atoms with Gasteiger partial charge in [-0.1, -0.05) is 12.1 Å². The van der Waals surface area contributed by atoms with Crippen LogP contribution in [0.3, 0.4) is 0 Å². The van der Waals surface area contributed by atoms with Crippen molar-refractivity contribution in [3.8, 4) is 5.75 Å². The standard InChI is InChI=1S/C14H16N2O3/c1-10(17)15-8-9-19-12-5-3-4-11-6-7-13(18)16(2)14(11)12/h3-7H,8-9H2,1-2H3,(H,15,17). The van der Waals surface area contributed by atoms with Crippen LogP contribution in [0.1, 0.15) is 6.92 Å². The molecular formula is C14H16N2O3. The molecule has 0 spiro atoms. The molecule has 0 aliphatic heterocycles. The summed E-state index contributed by atoms with van der Waals surface area (Å²) in [6, 6.07) is 8.92. The van der Waals surface area contributed by atoms with Crippen molar-refractivity contribution in [3.63, 3.8) is 0 Å². The van der Waals surface area contributed by atoms with Crippen molar-refractivity contribution in [2.75, 3.05) is 13.2 Å². The number of pyridine rings is 1. The first-order chi connectivity index (χ1) is 9.09. The normalized spacial score (nSPS) is 10.4. The predicted molar refractivity (Wildman–Crippen MR) is 73.4 cm³/mol. The molecule has 1 aromatic carbocycles. The van der Waals surface area contributed by atoms with Crippen LogP contribution < -0.4 is 15.6 Å². The monoisotopic (exact) mass is 260 g/mol. The Kier molecular flexibility index (Phi) is 3.85. The van der Waals surface area contributed by atoms with E-state index in [4.69, 9.17) is 4.74 Å². The third-order valence-electron chi connectivity index (χ3n) is 2.84. The number of benzene rings is 1. The molecule has 0 bridgehead atoms. The molecule has 1 aromatic heterocycles. The first-order valence-electron chi connectivity index (χ1n) is 6.05. The van der Waals surface area contributed by atoms with E-state index >= 15 is 0 Å². The molecule has 1 heterocycles. The van der Waals surface area contributed by atoms with E-state index in [0.717, 1.165) is 10.9 Å². The maximum atomic E-state index is 11.7. The lowest BCUT2D eigenvalue weighted by atomic mass is 10.2. The van der Waals surface area contributed by atoms with Crippen LogP contribution in [-0.4, -0.2) is 23.6 Å². The zero-order valence-electron chi connectivity index (χ0n) is 11.0. The van der Waals surface area contributed by atoms with Crippen LogP contribution >= 0.6 is 0 Å². The molecule has 0 saturated carbocycles. The summed E-state index contributed by atoms with van der Waals surface area (Å²) in [4.78, 5) is 22.4. The first kappa shape index (κ1) is 13.1. The van der Waals surface area contributed by atoms with Crippen LogP contribution in [0.25, 0.3) is 10.9 Å². The van der Waals surface area contributed by atoms with E-state index in [0.29, 0.717) is 18.9 Å². The second-order valence-electron chi connectivity index (χ2n) is 4.26. The lowest BCUT2D eigenvalue weighted by Gasteiger charge is -2.12. The summed E-state index contributed by atoms with van der Waals surface area (Å²) in [5.41, 5.74) is 0.684. The summed E-state index contributed by atoms with van der Waals surface area (Å²) in [5, 5.41) is 3.60. The highest BCUT2D eigenvalue weighted by Gasteiger charge is 2.06. The zero-order valence-corrected chi connectivity index (χ0v) is 11.0. The molecule has 0 aliphatic rings. The van der Waals surface area contributed by atoms with Crippen LogP contribution in [0.2, 0.25) is 0 Å². The van der Waals surface area contributed by atoms with Crippen molar-refractivity contribution in [2.24, 2.45) is 7.05 Å². The summed E-state index contributed by atoms with van der Waals surface area (Å²) in [5.74, 6) is 0.553. The van der Waals surface area contributed by atoms with Crippen molar-refractivity contribution < 1.29 is 9.53 Å². The van der Waals surface area contributed by atoms with E-state index in [1.807, 2.05) is 18.2 Å². The molecule has 5 nitrogen and oxygen atoms in total. The van der Waals surface area contributed by atoms with E-state index in [2.05, 4.69) is 5.32 Å². The fraction of sp³-hybridized carbons (Fsp3) is 0.286. The zero-order chi connectivity index (χ0) is 13.8. The number of nitrogens with zero attached hydrogens (tertiary/aromatic N) is 1. The fourth-order valence-electron chi connectivity index (χ4n) is 1.92. The Balaban J connectivity index is 2.25. The summed E-state index contributed by atoms with van der Waals surface area (Å²) < 4.78 is 7.19. The van der Waals surface area contributed by atoms with E-state index < -0.39 is 0 Å². The molecule has 0 unspecified atom stereocenters. The number of nitrogens with one attached hydrogen (secondary N) is 1.